The summed E-state index contributed by atoms with van der Waals surface area (Å²) in [5.41, 5.74) is 1.60. The normalized spacial score (nSPS) is 11.6. The fraction of sp³-hybridized carbons (Fsp3) is 0.500. The lowest BCUT2D eigenvalue weighted by molar-refractivity contribution is -0.143. The molecule has 112 valence electrons. The molecule has 1 rings (SSSR count). The maximum Gasteiger partial charge on any atom is 0.406 e. The molecule has 1 N–H and O–H groups in total. The van der Waals surface area contributed by atoms with Crippen molar-refractivity contribution < 1.29 is 18.0 Å². The Kier molecular flexibility index (Phi) is 5.03. The standard InChI is InChI=1S/C14H19F3N2O/c1-9(2)19(8-14(15,16)17)13(20)11-7-10(3)5-6-12(11)18-4/h5-7,9,18H,8H2,1-4H3. The molecule has 0 atom stereocenters. The molecule has 0 spiro atoms. The van der Waals surface area contributed by atoms with E-state index in [0.717, 1.165) is 10.5 Å². The molecule has 1 aromatic carbocycles. The van der Waals surface area contributed by atoms with Gasteiger partial charge in [0.1, 0.15) is 6.54 Å². The second kappa shape index (κ2) is 6.15. The molecule has 0 saturated carbocycles. The number of rotatable bonds is 4. The molecular weight excluding hydrogens is 269 g/mol. The summed E-state index contributed by atoms with van der Waals surface area (Å²) in [4.78, 5) is 13.2. The summed E-state index contributed by atoms with van der Waals surface area (Å²) in [6, 6.07) is 4.55. The van der Waals surface area contributed by atoms with E-state index in [1.54, 1.807) is 46.0 Å². The molecule has 0 fully saturated rings. The smallest absolute Gasteiger partial charge is 0.387 e. The molecular formula is C14H19F3N2O. The van der Waals surface area contributed by atoms with Gasteiger partial charge in [-0.15, -0.1) is 0 Å². The Morgan fingerprint density at radius 3 is 2.40 bits per heavy atom. The number of benzene rings is 1. The third-order valence-electron chi connectivity index (χ3n) is 2.91. The lowest BCUT2D eigenvalue weighted by Crippen LogP contribution is -2.43. The van der Waals surface area contributed by atoms with E-state index in [0.29, 0.717) is 5.69 Å². The molecule has 1 amide bonds. The Morgan fingerprint density at radius 1 is 1.35 bits per heavy atom. The van der Waals surface area contributed by atoms with E-state index < -0.39 is 24.7 Å². The fourth-order valence-electron chi connectivity index (χ4n) is 1.89. The van der Waals surface area contributed by atoms with Crippen LogP contribution in [0.5, 0.6) is 0 Å². The quantitative estimate of drug-likeness (QED) is 0.920. The van der Waals surface area contributed by atoms with Crippen LogP contribution >= 0.6 is 0 Å². The molecule has 0 unspecified atom stereocenters. The van der Waals surface area contributed by atoms with E-state index in [4.69, 9.17) is 0 Å². The van der Waals surface area contributed by atoms with Crippen LogP contribution in [-0.4, -0.2) is 36.6 Å². The summed E-state index contributed by atoms with van der Waals surface area (Å²) >= 11 is 0. The van der Waals surface area contributed by atoms with Crippen LogP contribution in [0.1, 0.15) is 29.8 Å². The van der Waals surface area contributed by atoms with Crippen LogP contribution in [0, 0.1) is 6.92 Å². The molecule has 0 aliphatic heterocycles. The van der Waals surface area contributed by atoms with Gasteiger partial charge in [0, 0.05) is 18.8 Å². The van der Waals surface area contributed by atoms with Gasteiger partial charge in [-0.1, -0.05) is 11.6 Å². The maximum atomic E-state index is 12.6. The van der Waals surface area contributed by atoms with Gasteiger partial charge >= 0.3 is 6.18 Å². The number of alkyl halides is 3. The van der Waals surface area contributed by atoms with Crippen LogP contribution in [0.4, 0.5) is 18.9 Å². The molecule has 1 aromatic rings. The van der Waals surface area contributed by atoms with Crippen molar-refractivity contribution in [2.45, 2.75) is 33.0 Å². The first-order valence-electron chi connectivity index (χ1n) is 6.32. The summed E-state index contributed by atoms with van der Waals surface area (Å²) in [7, 11) is 1.63. The summed E-state index contributed by atoms with van der Waals surface area (Å²) in [6.45, 7) is 3.68. The van der Waals surface area contributed by atoms with Crippen LogP contribution in [0.25, 0.3) is 0 Å². The van der Waals surface area contributed by atoms with Crippen molar-refractivity contribution in [3.63, 3.8) is 0 Å². The minimum Gasteiger partial charge on any atom is -0.387 e. The van der Waals surface area contributed by atoms with E-state index in [9.17, 15) is 18.0 Å². The van der Waals surface area contributed by atoms with Crippen molar-refractivity contribution in [2.24, 2.45) is 0 Å². The highest BCUT2D eigenvalue weighted by atomic mass is 19.4. The number of carbonyl (C=O) groups is 1. The topological polar surface area (TPSA) is 32.3 Å². The average molecular weight is 288 g/mol. The zero-order valence-electron chi connectivity index (χ0n) is 12.0. The predicted molar refractivity (Wildman–Crippen MR) is 73.0 cm³/mol. The number of carbonyl (C=O) groups excluding carboxylic acids is 1. The maximum absolute atomic E-state index is 12.6. The summed E-state index contributed by atoms with van der Waals surface area (Å²) < 4.78 is 37.8. The Labute approximate surface area is 116 Å². The average Bonchev–Trinajstić information content (AvgIpc) is 2.33. The largest absolute Gasteiger partial charge is 0.406 e. The first-order valence-corrected chi connectivity index (χ1v) is 6.32. The van der Waals surface area contributed by atoms with E-state index in [2.05, 4.69) is 5.32 Å². The Bertz CT molecular complexity index is 484. The summed E-state index contributed by atoms with van der Waals surface area (Å²) in [6.07, 6.45) is -4.41. The van der Waals surface area contributed by atoms with Gasteiger partial charge in [0.2, 0.25) is 0 Å². The van der Waals surface area contributed by atoms with Gasteiger partial charge in [-0.2, -0.15) is 13.2 Å². The Hall–Kier alpha value is -1.72. The second-order valence-corrected chi connectivity index (χ2v) is 4.94. The number of hydrogen-bond acceptors (Lipinski definition) is 2. The lowest BCUT2D eigenvalue weighted by Gasteiger charge is -2.28. The number of halogens is 3. The third-order valence-corrected chi connectivity index (χ3v) is 2.91. The van der Waals surface area contributed by atoms with Crippen LogP contribution in [0.3, 0.4) is 0 Å². The third kappa shape index (κ3) is 4.15. The van der Waals surface area contributed by atoms with Gasteiger partial charge in [0.25, 0.3) is 5.91 Å². The molecule has 0 aliphatic carbocycles. The first-order chi connectivity index (χ1) is 9.15. The number of nitrogens with one attached hydrogen (secondary N) is 1. The summed E-state index contributed by atoms with van der Waals surface area (Å²) in [5.74, 6) is -0.620. The number of hydrogen-bond donors (Lipinski definition) is 1. The molecule has 0 heterocycles. The number of aryl methyl sites for hydroxylation is 1. The number of nitrogens with zero attached hydrogens (tertiary/aromatic N) is 1. The molecule has 20 heavy (non-hydrogen) atoms. The van der Waals surface area contributed by atoms with E-state index in [-0.39, 0.29) is 5.56 Å². The molecule has 6 heteroatoms. The Morgan fingerprint density at radius 2 is 1.95 bits per heavy atom. The zero-order chi connectivity index (χ0) is 15.5. The van der Waals surface area contributed by atoms with E-state index in [1.807, 2.05) is 0 Å². The van der Waals surface area contributed by atoms with E-state index in [1.165, 1.54) is 0 Å². The molecule has 0 saturated heterocycles. The highest BCUT2D eigenvalue weighted by Gasteiger charge is 2.35. The van der Waals surface area contributed by atoms with Gasteiger partial charge < -0.3 is 10.2 Å². The van der Waals surface area contributed by atoms with Crippen LogP contribution in [-0.2, 0) is 0 Å². The highest BCUT2D eigenvalue weighted by Crippen LogP contribution is 2.23. The van der Waals surface area contributed by atoms with Gasteiger partial charge in [-0.25, -0.2) is 0 Å². The molecule has 0 aliphatic rings. The second-order valence-electron chi connectivity index (χ2n) is 4.94. The van der Waals surface area contributed by atoms with Gasteiger partial charge in [0.05, 0.1) is 5.56 Å². The molecule has 0 radical (unpaired) electrons. The van der Waals surface area contributed by atoms with Gasteiger partial charge in [-0.3, -0.25) is 4.79 Å². The minimum atomic E-state index is -4.41. The molecule has 0 bridgehead atoms. The van der Waals surface area contributed by atoms with Crippen molar-refractivity contribution >= 4 is 11.6 Å². The van der Waals surface area contributed by atoms with Gasteiger partial charge in [-0.05, 0) is 32.9 Å². The van der Waals surface area contributed by atoms with Gasteiger partial charge in [0.15, 0.2) is 0 Å². The van der Waals surface area contributed by atoms with Crippen molar-refractivity contribution in [1.29, 1.82) is 0 Å². The monoisotopic (exact) mass is 288 g/mol. The van der Waals surface area contributed by atoms with Crippen LogP contribution in [0.15, 0.2) is 18.2 Å². The number of amides is 1. The SMILES string of the molecule is CNc1ccc(C)cc1C(=O)N(CC(F)(F)F)C(C)C. The van der Waals surface area contributed by atoms with Crippen LogP contribution < -0.4 is 5.32 Å². The van der Waals surface area contributed by atoms with Crippen molar-refractivity contribution in [3.05, 3.63) is 29.3 Å². The zero-order valence-corrected chi connectivity index (χ0v) is 12.0. The van der Waals surface area contributed by atoms with Crippen LogP contribution in [0.2, 0.25) is 0 Å². The van der Waals surface area contributed by atoms with E-state index >= 15 is 0 Å². The number of anilines is 1. The fourth-order valence-corrected chi connectivity index (χ4v) is 1.89. The first kappa shape index (κ1) is 16.3. The minimum absolute atomic E-state index is 0.255. The van der Waals surface area contributed by atoms with Crippen molar-refractivity contribution in [1.82, 2.24) is 4.90 Å². The summed E-state index contributed by atoms with van der Waals surface area (Å²) in [5, 5.41) is 2.83. The Balaban J connectivity index is 3.16. The predicted octanol–water partition coefficient (Wildman–Crippen LogP) is 3.45. The molecule has 0 aromatic heterocycles. The van der Waals surface area contributed by atoms with Crippen molar-refractivity contribution in [2.75, 3.05) is 18.9 Å². The van der Waals surface area contributed by atoms with Crippen molar-refractivity contribution in [3.8, 4) is 0 Å². The molecule has 3 nitrogen and oxygen atoms in total. The lowest BCUT2D eigenvalue weighted by atomic mass is 10.1. The highest BCUT2D eigenvalue weighted by molar-refractivity contribution is 6.00.